The molecule has 0 atom stereocenters. The Morgan fingerprint density at radius 1 is 0.200 bits per heavy atom. The third-order valence-corrected chi connectivity index (χ3v) is 29.5. The third kappa shape index (κ3) is 16.4. The van der Waals surface area contributed by atoms with Gasteiger partial charge in [0.2, 0.25) is 0 Å². The van der Waals surface area contributed by atoms with Gasteiger partial charge in [0.1, 0.15) is 86.8 Å². The Morgan fingerprint density at radius 2 is 0.356 bits per heavy atom. The number of hydrogen-bond donors (Lipinski definition) is 0. The molecule has 12 aromatic carbocycles. The maximum atomic E-state index is 5.45. The largest absolute Gasteiger partial charge is 1.00 e. The summed E-state index contributed by atoms with van der Waals surface area (Å²) in [5, 5.41) is 12.5. The molecule has 0 saturated carbocycles. The number of benzene rings is 12. The minimum atomic E-state index is -2.03. The molecule has 3 nitrogen and oxygen atoms in total. The van der Waals surface area contributed by atoms with E-state index >= 15 is 0 Å². The van der Waals surface area contributed by atoms with Crippen molar-refractivity contribution in [3.8, 4) is 17.2 Å². The zero-order valence-electron chi connectivity index (χ0n) is 52.0. The Kier molecular flexibility index (Phi) is 26.2. The van der Waals surface area contributed by atoms with Gasteiger partial charge in [0.25, 0.3) is 0 Å². The molecule has 0 radical (unpaired) electrons. The Morgan fingerprint density at radius 3 is 0.533 bits per heavy atom. The van der Waals surface area contributed by atoms with Crippen molar-refractivity contribution < 1.29 is 51.4 Å². The van der Waals surface area contributed by atoms with E-state index in [-0.39, 0.29) is 37.2 Å². The fourth-order valence-electron chi connectivity index (χ4n) is 11.7. The smallest absolute Gasteiger partial charge is 0.119 e. The Hall–Kier alpha value is -7.80. The molecule has 0 aliphatic heterocycles. The van der Waals surface area contributed by atoms with Gasteiger partial charge in [-0.3, -0.25) is 0 Å². The van der Waals surface area contributed by atoms with Gasteiger partial charge in [-0.2, -0.15) is 0 Å². The van der Waals surface area contributed by atoms with Crippen LogP contribution < -0.4 is 99.2 Å². The molecule has 0 N–H and O–H groups in total. The first-order valence-corrected chi connectivity index (χ1v) is 35.7. The van der Waals surface area contributed by atoms with Crippen molar-refractivity contribution in [1.29, 1.82) is 0 Å². The van der Waals surface area contributed by atoms with Crippen molar-refractivity contribution >= 4 is 69.5 Å². The third-order valence-electron chi connectivity index (χ3n) is 16.3. The molecule has 0 aromatic heterocycles. The van der Waals surface area contributed by atoms with Crippen LogP contribution in [0.15, 0.2) is 328 Å². The van der Waals surface area contributed by atoms with Crippen molar-refractivity contribution in [3.05, 3.63) is 361 Å². The van der Waals surface area contributed by atoms with Crippen LogP contribution in [-0.2, 0) is 18.5 Å². The SMILES string of the molecule is COc1ccc([P+](Cc2ccccc2)(c2ccc(OC)cc2)c2ccc(OC)cc2)cc1.Cc1ccc([P+](Cc2ccccc2)(c2ccc(C)cc2)c2ccc(C)cc2)cc1.[Cl-].[Cl-].[Cl-].c1ccc(C[P+](c2ccccc2)(c2ccccc2)c2ccccc2)cc1. The molecule has 90 heavy (non-hydrogen) atoms. The number of aryl methyl sites for hydroxylation is 3. The average Bonchev–Trinajstić information content (AvgIpc) is 0.791. The lowest BCUT2D eigenvalue weighted by Gasteiger charge is -2.28. The highest BCUT2D eigenvalue weighted by atomic mass is 35.5. The van der Waals surface area contributed by atoms with E-state index in [4.69, 9.17) is 14.2 Å². The molecule has 0 aliphatic rings. The van der Waals surface area contributed by atoms with Gasteiger partial charge >= 0.3 is 0 Å². The summed E-state index contributed by atoms with van der Waals surface area (Å²) in [6, 6.07) is 119. The second-order valence-electron chi connectivity index (χ2n) is 22.0. The number of rotatable bonds is 18. The summed E-state index contributed by atoms with van der Waals surface area (Å²) in [5.41, 5.74) is 8.00. The van der Waals surface area contributed by atoms with Gasteiger partial charge in [0, 0.05) is 0 Å². The van der Waals surface area contributed by atoms with Crippen molar-refractivity contribution in [2.45, 2.75) is 39.3 Å². The van der Waals surface area contributed by atoms with E-state index in [0.717, 1.165) is 35.7 Å². The summed E-state index contributed by atoms with van der Waals surface area (Å²) in [6.07, 6.45) is 2.98. The summed E-state index contributed by atoms with van der Waals surface area (Å²) in [6.45, 7) is 6.50. The summed E-state index contributed by atoms with van der Waals surface area (Å²) >= 11 is 0. The summed E-state index contributed by atoms with van der Waals surface area (Å²) in [4.78, 5) is 0. The van der Waals surface area contributed by atoms with Gasteiger partial charge in [0.15, 0.2) is 0 Å². The summed E-state index contributed by atoms with van der Waals surface area (Å²) in [5.74, 6) is 2.57. The quantitative estimate of drug-likeness (QED) is 0.0835. The van der Waals surface area contributed by atoms with Crippen LogP contribution in [0.3, 0.4) is 0 Å². The molecule has 12 aromatic rings. The van der Waals surface area contributed by atoms with Crippen LogP contribution in [0.2, 0.25) is 0 Å². The lowest BCUT2D eigenvalue weighted by atomic mass is 10.2. The Labute approximate surface area is 555 Å². The summed E-state index contributed by atoms with van der Waals surface area (Å²) in [7, 11) is -0.535. The first-order chi connectivity index (χ1) is 42.7. The predicted octanol–water partition coefficient (Wildman–Crippen LogP) is 7.51. The highest BCUT2D eigenvalue weighted by Crippen LogP contribution is 2.60. The molecule has 9 heteroatoms. The first-order valence-electron chi connectivity index (χ1n) is 29.8. The van der Waals surface area contributed by atoms with E-state index in [2.05, 4.69) is 348 Å². The maximum absolute atomic E-state index is 5.45. The number of ether oxygens (including phenoxy) is 3. The normalized spacial score (nSPS) is 10.9. The van der Waals surface area contributed by atoms with Crippen LogP contribution >= 0.6 is 21.8 Å². The van der Waals surface area contributed by atoms with Gasteiger partial charge in [-0.05, 0) is 183 Å². The lowest BCUT2D eigenvalue weighted by molar-refractivity contribution is -0.00100. The highest BCUT2D eigenvalue weighted by molar-refractivity contribution is 7.96. The molecular formula is C81H78Cl3O3P3. The fourth-order valence-corrected chi connectivity index (χ4v) is 24.3. The van der Waals surface area contributed by atoms with E-state index < -0.39 is 21.8 Å². The molecule has 0 aliphatic carbocycles. The summed E-state index contributed by atoms with van der Waals surface area (Å²) < 4.78 is 16.4. The van der Waals surface area contributed by atoms with Crippen LogP contribution in [0.25, 0.3) is 0 Å². The van der Waals surface area contributed by atoms with Gasteiger partial charge < -0.3 is 51.4 Å². The van der Waals surface area contributed by atoms with Crippen LogP contribution in [0.1, 0.15) is 33.4 Å². The van der Waals surface area contributed by atoms with Gasteiger partial charge in [-0.15, -0.1) is 0 Å². The van der Waals surface area contributed by atoms with Crippen molar-refractivity contribution in [2.24, 2.45) is 0 Å². The van der Waals surface area contributed by atoms with E-state index in [1.807, 2.05) is 0 Å². The van der Waals surface area contributed by atoms with Gasteiger partial charge in [0.05, 0.1) is 39.8 Å². The lowest BCUT2D eigenvalue weighted by Crippen LogP contribution is -3.00. The highest BCUT2D eigenvalue weighted by Gasteiger charge is 2.48. The van der Waals surface area contributed by atoms with Crippen LogP contribution in [-0.4, -0.2) is 21.3 Å². The molecule has 456 valence electrons. The van der Waals surface area contributed by atoms with E-state index in [1.165, 1.54) is 81.1 Å². The number of hydrogen-bond acceptors (Lipinski definition) is 3. The van der Waals surface area contributed by atoms with Crippen LogP contribution in [0.5, 0.6) is 17.2 Å². The van der Waals surface area contributed by atoms with Crippen molar-refractivity contribution in [1.82, 2.24) is 0 Å². The monoisotopic (exact) mass is 1300 g/mol. The van der Waals surface area contributed by atoms with Crippen LogP contribution in [0, 0.1) is 20.8 Å². The minimum Gasteiger partial charge on any atom is -1.00 e. The van der Waals surface area contributed by atoms with E-state index in [9.17, 15) is 0 Å². The average molecular weight is 1300 g/mol. The molecule has 0 heterocycles. The Balaban J connectivity index is 0.000000190. The van der Waals surface area contributed by atoms with Crippen molar-refractivity contribution in [2.75, 3.05) is 21.3 Å². The molecular weight excluding hydrogens is 1220 g/mol. The minimum absolute atomic E-state index is 0. The molecule has 0 spiro atoms. The topological polar surface area (TPSA) is 27.7 Å². The maximum Gasteiger partial charge on any atom is 0.119 e. The standard InChI is InChI=1S/C28H28O3P.C28H28P.C25H22P.3ClH/c1-29-23-9-15-26(16-10-23)32(21-22-7-5-4-6-8-22,27-17-11-24(30-2)12-18-27)28-19-13-25(31-3)14-20-28;1-22-9-15-26(16-10-22)29(21-25-7-5-4-6-8-25,27-17-11-23(2)12-18-27)28-19-13-24(3)14-20-28;1-5-13-22(14-6-1)21-26(23-15-7-2-8-16-23,24-17-9-3-10-18-24)25-19-11-4-12-20-25;;;/h4-20H,21H2,1-3H3;4-20H,21H2,1-3H3;1-20H,21H2;3*1H/q3*+1;;;/p-3. The molecule has 0 unspecified atom stereocenters. The molecule has 0 saturated heterocycles. The second-order valence-corrected chi connectivity index (χ2v) is 32.4. The van der Waals surface area contributed by atoms with Gasteiger partial charge in [-0.1, -0.05) is 199 Å². The number of halogens is 3. The fraction of sp³-hybridized carbons (Fsp3) is 0.111. The van der Waals surface area contributed by atoms with E-state index in [0.29, 0.717) is 0 Å². The second kappa shape index (κ2) is 33.9. The van der Waals surface area contributed by atoms with Crippen LogP contribution in [0.4, 0.5) is 0 Å². The Bertz CT molecular complexity index is 3660. The van der Waals surface area contributed by atoms with Gasteiger partial charge in [-0.25, -0.2) is 0 Å². The molecule has 0 bridgehead atoms. The predicted molar refractivity (Wildman–Crippen MR) is 380 cm³/mol. The zero-order chi connectivity index (χ0) is 60.3. The van der Waals surface area contributed by atoms with Crippen molar-refractivity contribution in [3.63, 3.8) is 0 Å². The molecule has 0 fully saturated rings. The molecule has 12 rings (SSSR count). The zero-order valence-corrected chi connectivity index (χ0v) is 56.9. The number of methoxy groups -OCH3 is 3. The molecule has 0 amide bonds. The first kappa shape index (κ1) is 69.7. The van der Waals surface area contributed by atoms with E-state index in [1.54, 1.807) is 21.3 Å².